The molecule has 39 heavy (non-hydrogen) atoms. The number of aromatic amines is 1. The Balaban J connectivity index is 1.97. The number of rotatable bonds is 12. The maximum Gasteiger partial charge on any atom is 0.265 e. The Morgan fingerprint density at radius 1 is 1.03 bits per heavy atom. The van der Waals surface area contributed by atoms with Gasteiger partial charge < -0.3 is 15.8 Å². The van der Waals surface area contributed by atoms with Gasteiger partial charge in [0.05, 0.1) is 33.9 Å². The molecule has 4 unspecified atom stereocenters. The summed E-state index contributed by atoms with van der Waals surface area (Å²) in [4.78, 5) is 41.3. The van der Waals surface area contributed by atoms with Gasteiger partial charge in [0.1, 0.15) is 17.4 Å². The van der Waals surface area contributed by atoms with Crippen molar-refractivity contribution in [1.29, 1.82) is 0 Å². The van der Waals surface area contributed by atoms with Gasteiger partial charge in [0.15, 0.2) is 11.6 Å². The SMILES string of the molecule is Cc1nc(C(SCCS(=O)(=O)O)C2CCCC(C(SCCS(=O)(=O)O)c3ncc(O)c(N)n3)C2=O)cc(=O)[nH]1. The molecule has 6 N–H and O–H groups in total. The van der Waals surface area contributed by atoms with E-state index in [4.69, 9.17) is 5.73 Å². The van der Waals surface area contributed by atoms with Crippen molar-refractivity contribution in [2.75, 3.05) is 28.7 Å². The van der Waals surface area contributed by atoms with E-state index >= 15 is 0 Å². The minimum Gasteiger partial charge on any atom is -0.503 e. The molecule has 1 saturated carbocycles. The number of nitrogens with one attached hydrogen (secondary N) is 1. The van der Waals surface area contributed by atoms with Gasteiger partial charge in [-0.3, -0.25) is 18.7 Å². The molecule has 1 aliphatic rings. The van der Waals surface area contributed by atoms with Gasteiger partial charge in [0.25, 0.3) is 25.8 Å². The number of hydrogen-bond donors (Lipinski definition) is 5. The van der Waals surface area contributed by atoms with E-state index in [9.17, 15) is 40.6 Å². The Morgan fingerprint density at radius 2 is 1.59 bits per heavy atom. The highest BCUT2D eigenvalue weighted by Crippen LogP contribution is 2.48. The number of nitrogens with two attached hydrogens (primary N) is 1. The third-order valence-electron chi connectivity index (χ3n) is 6.01. The highest BCUT2D eigenvalue weighted by Gasteiger charge is 2.43. The van der Waals surface area contributed by atoms with Gasteiger partial charge in [-0.25, -0.2) is 15.0 Å². The lowest BCUT2D eigenvalue weighted by Crippen LogP contribution is -2.36. The Bertz CT molecular complexity index is 1470. The van der Waals surface area contributed by atoms with Gasteiger partial charge in [-0.2, -0.15) is 28.6 Å². The predicted octanol–water partition coefficient (Wildman–Crippen LogP) is 1.17. The van der Waals surface area contributed by atoms with Crippen LogP contribution < -0.4 is 11.3 Å². The molecule has 0 bridgehead atoms. The first-order valence-corrected chi connectivity index (χ1v) is 17.0. The molecular formula is C21H29N5O9S4. The van der Waals surface area contributed by atoms with Crippen molar-refractivity contribution in [3.05, 3.63) is 40.0 Å². The average molecular weight is 624 g/mol. The second-order valence-corrected chi connectivity index (χ2v) is 14.6. The lowest BCUT2D eigenvalue weighted by molar-refractivity contribution is -0.129. The first-order chi connectivity index (χ1) is 18.1. The van der Waals surface area contributed by atoms with E-state index in [1.165, 1.54) is 6.07 Å². The summed E-state index contributed by atoms with van der Waals surface area (Å²) in [5, 5.41) is 8.27. The van der Waals surface area contributed by atoms with E-state index in [0.717, 1.165) is 29.7 Å². The molecule has 0 aromatic carbocycles. The first kappa shape index (κ1) is 31.3. The van der Waals surface area contributed by atoms with Crippen molar-refractivity contribution in [3.63, 3.8) is 0 Å². The van der Waals surface area contributed by atoms with Crippen molar-refractivity contribution in [3.8, 4) is 5.75 Å². The highest BCUT2D eigenvalue weighted by atomic mass is 32.2. The third kappa shape index (κ3) is 9.14. The maximum absolute atomic E-state index is 14.0. The van der Waals surface area contributed by atoms with Crippen LogP contribution in [-0.2, 0) is 25.0 Å². The quantitative estimate of drug-likeness (QED) is 0.208. The number of aromatic nitrogens is 4. The average Bonchev–Trinajstić information content (AvgIpc) is 2.80. The van der Waals surface area contributed by atoms with Gasteiger partial charge in [0.2, 0.25) is 0 Å². The molecule has 0 spiro atoms. The van der Waals surface area contributed by atoms with E-state index in [0.29, 0.717) is 25.1 Å². The molecule has 0 aliphatic heterocycles. The zero-order valence-corrected chi connectivity index (χ0v) is 24.0. The van der Waals surface area contributed by atoms with Crippen LogP contribution in [-0.4, -0.2) is 79.8 Å². The van der Waals surface area contributed by atoms with Crippen LogP contribution >= 0.6 is 23.5 Å². The topological polar surface area (TPSA) is 244 Å². The fourth-order valence-corrected chi connectivity index (χ4v) is 8.87. The molecule has 0 saturated heterocycles. The van der Waals surface area contributed by atoms with Crippen LogP contribution in [0.15, 0.2) is 17.1 Å². The number of carbonyl (C=O) groups excluding carboxylic acids is 1. The molecule has 3 rings (SSSR count). The number of anilines is 1. The number of H-pyrrole nitrogens is 1. The summed E-state index contributed by atoms with van der Waals surface area (Å²) in [5.41, 5.74) is 5.59. The van der Waals surface area contributed by atoms with Crippen LogP contribution in [0.1, 0.15) is 47.1 Å². The lowest BCUT2D eigenvalue weighted by atomic mass is 9.76. The van der Waals surface area contributed by atoms with E-state index in [2.05, 4.69) is 19.9 Å². The minimum absolute atomic E-state index is 0.0599. The zero-order valence-electron chi connectivity index (χ0n) is 20.8. The van der Waals surface area contributed by atoms with Gasteiger partial charge in [-0.1, -0.05) is 6.42 Å². The molecule has 1 aliphatic carbocycles. The number of hydrogen-bond acceptors (Lipinski definition) is 13. The minimum atomic E-state index is -4.28. The molecule has 1 fully saturated rings. The predicted molar refractivity (Wildman–Crippen MR) is 147 cm³/mol. The van der Waals surface area contributed by atoms with Crippen molar-refractivity contribution in [2.24, 2.45) is 11.8 Å². The van der Waals surface area contributed by atoms with E-state index in [1.54, 1.807) is 6.92 Å². The summed E-state index contributed by atoms with van der Waals surface area (Å²) in [6, 6.07) is 1.25. The molecule has 0 amide bonds. The molecule has 4 atom stereocenters. The Morgan fingerprint density at radius 3 is 2.13 bits per heavy atom. The fourth-order valence-electron chi connectivity index (χ4n) is 4.35. The molecule has 2 heterocycles. The molecule has 216 valence electrons. The molecule has 14 nitrogen and oxygen atoms in total. The van der Waals surface area contributed by atoms with Crippen LogP contribution in [0.5, 0.6) is 5.75 Å². The number of aryl methyl sites for hydroxylation is 1. The summed E-state index contributed by atoms with van der Waals surface area (Å²) >= 11 is 2.14. The van der Waals surface area contributed by atoms with Crippen molar-refractivity contribution in [1.82, 2.24) is 19.9 Å². The molecule has 18 heteroatoms. The highest BCUT2D eigenvalue weighted by molar-refractivity contribution is 8.00. The van der Waals surface area contributed by atoms with E-state index in [1.807, 2.05) is 0 Å². The maximum atomic E-state index is 14.0. The van der Waals surface area contributed by atoms with Gasteiger partial charge in [-0.05, 0) is 19.8 Å². The van der Waals surface area contributed by atoms with Crippen molar-refractivity contribution < 1.29 is 35.8 Å². The largest absolute Gasteiger partial charge is 0.503 e. The van der Waals surface area contributed by atoms with Gasteiger partial charge in [0, 0.05) is 29.4 Å². The standard InChI is InChI=1S/C21H29N5O9S4/c1-11-24-14(9-16(28)25-11)18(36-5-7-38(30,31)32)12-3-2-4-13(17(12)29)19(37-6-8-39(33,34)35)21-23-10-15(27)20(22)26-21/h9-10,12-13,18-19,27H,2-8H2,1H3,(H2,22,23,26)(H,24,25,28)(H,30,31,32)(H,33,34,35). The van der Waals surface area contributed by atoms with Crippen LogP contribution in [0.2, 0.25) is 0 Å². The van der Waals surface area contributed by atoms with Crippen LogP contribution in [0, 0.1) is 18.8 Å². The zero-order chi connectivity index (χ0) is 29.0. The first-order valence-electron chi connectivity index (χ1n) is 11.7. The summed E-state index contributed by atoms with van der Waals surface area (Å²) in [6.45, 7) is 1.57. The number of nitrogens with zero attached hydrogens (tertiary/aromatic N) is 3. The second-order valence-electron chi connectivity index (χ2n) is 8.96. The Hall–Kier alpha value is -2.25. The lowest BCUT2D eigenvalue weighted by Gasteiger charge is -2.35. The molecule has 0 radical (unpaired) electrons. The van der Waals surface area contributed by atoms with Crippen LogP contribution in [0.3, 0.4) is 0 Å². The monoisotopic (exact) mass is 623 g/mol. The number of aromatic hydroxyl groups is 1. The van der Waals surface area contributed by atoms with E-state index < -0.39 is 59.6 Å². The fraction of sp³-hybridized carbons (Fsp3) is 0.571. The van der Waals surface area contributed by atoms with Gasteiger partial charge >= 0.3 is 0 Å². The van der Waals surface area contributed by atoms with Crippen LogP contribution in [0.4, 0.5) is 5.82 Å². The summed E-state index contributed by atoms with van der Waals surface area (Å²) in [6.07, 6.45) is 2.44. The number of nitrogen functional groups attached to an aromatic ring is 1. The number of ketones is 1. The smallest absolute Gasteiger partial charge is 0.265 e. The third-order valence-corrected chi connectivity index (χ3v) is 10.7. The van der Waals surface area contributed by atoms with Gasteiger partial charge in [-0.15, -0.1) is 11.8 Å². The molecular weight excluding hydrogens is 595 g/mol. The summed E-state index contributed by atoms with van der Waals surface area (Å²) < 4.78 is 63.6. The van der Waals surface area contributed by atoms with Crippen molar-refractivity contribution >= 4 is 55.4 Å². The molecule has 2 aromatic heterocycles. The normalized spacial score (nSPS) is 20.0. The number of carbonyl (C=O) groups is 1. The number of Topliss-reactive ketones (excluding diaryl/α,β-unsaturated/α-hetero) is 1. The summed E-state index contributed by atoms with van der Waals surface area (Å²) in [5.74, 6) is -3.12. The second kappa shape index (κ2) is 12.9. The molecule has 2 aromatic rings. The Labute approximate surface area is 233 Å². The van der Waals surface area contributed by atoms with Crippen LogP contribution in [0.25, 0.3) is 0 Å². The van der Waals surface area contributed by atoms with E-state index in [-0.39, 0.29) is 40.4 Å². The Kier molecular flexibility index (Phi) is 10.4. The summed E-state index contributed by atoms with van der Waals surface area (Å²) in [7, 11) is -8.55. The van der Waals surface area contributed by atoms with Crippen molar-refractivity contribution in [2.45, 2.75) is 36.7 Å². The number of thioether (sulfide) groups is 2.